The van der Waals surface area contributed by atoms with Crippen LogP contribution in [0.5, 0.6) is 0 Å². The van der Waals surface area contributed by atoms with Gasteiger partial charge in [-0.1, -0.05) is 234 Å². The van der Waals surface area contributed by atoms with Crippen molar-refractivity contribution in [2.45, 2.75) is 38.5 Å². The van der Waals surface area contributed by atoms with Gasteiger partial charge in [-0.25, -0.2) is 0 Å². The Morgan fingerprint density at radius 1 is 0.276 bits per heavy atom. The fourth-order valence-electron chi connectivity index (χ4n) is 14.2. The van der Waals surface area contributed by atoms with E-state index in [0.29, 0.717) is 0 Å². The second kappa shape index (κ2) is 15.6. The van der Waals surface area contributed by atoms with Gasteiger partial charge in [0.15, 0.2) is 0 Å². The minimum absolute atomic E-state index is 0.165. The lowest BCUT2D eigenvalue weighted by atomic mass is 9.82. The highest BCUT2D eigenvalue weighted by molar-refractivity contribution is 6.35. The van der Waals surface area contributed by atoms with Crippen molar-refractivity contribution in [2.24, 2.45) is 0 Å². The number of rotatable bonds is 6. The Bertz CT molecular complexity index is 4400. The van der Waals surface area contributed by atoms with Crippen LogP contribution in [-0.2, 0) is 10.8 Å². The molecule has 0 amide bonds. The number of nitrogens with zero attached hydrogens (tertiary/aromatic N) is 2. The van der Waals surface area contributed by atoms with E-state index in [0.717, 1.165) is 0 Å². The van der Waals surface area contributed by atoms with Gasteiger partial charge in [0.2, 0.25) is 0 Å². The summed E-state index contributed by atoms with van der Waals surface area (Å²) in [6, 6.07) is 91.5. The first-order valence-electron chi connectivity index (χ1n) is 26.8. The van der Waals surface area contributed by atoms with Crippen molar-refractivity contribution in [3.8, 4) is 78.4 Å². The Morgan fingerprint density at radius 2 is 0.618 bits per heavy atom. The SMILES string of the molecule is CC1(C)c2ccccc2-c2ccc(-n3c(-c4ccccc4)c(-c4ccccc4)c4cc5ccc6c7c(ccc(c57)c43)cc3c(-c4ccccc4)c(-c4ccccc4)n(-c4ccc5c(c4)C(C)(C)c4ccccc4-5)c36)cc21. The van der Waals surface area contributed by atoms with Crippen LogP contribution in [0.15, 0.2) is 243 Å². The zero-order valence-electron chi connectivity index (χ0n) is 43.0. The molecule has 0 saturated heterocycles. The summed E-state index contributed by atoms with van der Waals surface area (Å²) in [4.78, 5) is 0. The number of benzene rings is 12. The number of hydrogen-bond donors (Lipinski definition) is 0. The maximum atomic E-state index is 2.61. The fourth-order valence-corrected chi connectivity index (χ4v) is 14.2. The molecule has 14 aromatic rings. The van der Waals surface area contributed by atoms with E-state index in [9.17, 15) is 0 Å². The number of hydrogen-bond acceptors (Lipinski definition) is 0. The van der Waals surface area contributed by atoms with Gasteiger partial charge in [0.05, 0.1) is 22.4 Å². The second-order valence-corrected chi connectivity index (χ2v) is 22.4. The smallest absolute Gasteiger partial charge is 0.0620 e. The summed E-state index contributed by atoms with van der Waals surface area (Å²) in [5.41, 5.74) is 24.9. The first-order chi connectivity index (χ1) is 37.3. The zero-order valence-corrected chi connectivity index (χ0v) is 43.0. The molecular formula is C74H52N2. The van der Waals surface area contributed by atoms with Crippen molar-refractivity contribution in [1.29, 1.82) is 0 Å². The summed E-state index contributed by atoms with van der Waals surface area (Å²) in [6.07, 6.45) is 0. The molecular weight excluding hydrogens is 917 g/mol. The van der Waals surface area contributed by atoms with E-state index in [-0.39, 0.29) is 10.8 Å². The lowest BCUT2D eigenvalue weighted by Gasteiger charge is -2.23. The Labute approximate surface area is 442 Å². The summed E-state index contributed by atoms with van der Waals surface area (Å²) < 4.78 is 5.23. The highest BCUT2D eigenvalue weighted by Gasteiger charge is 2.38. The molecule has 0 fully saturated rings. The molecule has 0 radical (unpaired) electrons. The van der Waals surface area contributed by atoms with Crippen molar-refractivity contribution in [2.75, 3.05) is 0 Å². The minimum Gasteiger partial charge on any atom is -0.308 e. The van der Waals surface area contributed by atoms with Gasteiger partial charge in [0, 0.05) is 54.9 Å². The molecule has 2 aliphatic rings. The third kappa shape index (κ3) is 5.82. The van der Waals surface area contributed by atoms with Crippen molar-refractivity contribution < 1.29 is 0 Å². The van der Waals surface area contributed by atoms with E-state index >= 15 is 0 Å². The van der Waals surface area contributed by atoms with Gasteiger partial charge in [0.25, 0.3) is 0 Å². The van der Waals surface area contributed by atoms with E-state index in [1.54, 1.807) is 0 Å². The van der Waals surface area contributed by atoms with E-state index in [1.807, 2.05) is 0 Å². The molecule has 2 aromatic heterocycles. The molecule has 76 heavy (non-hydrogen) atoms. The zero-order chi connectivity index (χ0) is 50.6. The van der Waals surface area contributed by atoms with E-state index in [1.165, 1.54) is 155 Å². The molecule has 0 N–H and O–H groups in total. The van der Waals surface area contributed by atoms with Crippen LogP contribution >= 0.6 is 0 Å². The molecule has 2 aliphatic carbocycles. The highest BCUT2D eigenvalue weighted by Crippen LogP contribution is 2.55. The molecule has 2 heterocycles. The summed E-state index contributed by atoms with van der Waals surface area (Å²) in [6.45, 7) is 9.56. The van der Waals surface area contributed by atoms with Crippen LogP contribution in [0.25, 0.3) is 133 Å². The first-order valence-corrected chi connectivity index (χ1v) is 26.8. The second-order valence-electron chi connectivity index (χ2n) is 22.4. The summed E-state index contributed by atoms with van der Waals surface area (Å²) in [7, 11) is 0. The maximum absolute atomic E-state index is 2.61. The van der Waals surface area contributed by atoms with Crippen LogP contribution in [0, 0.1) is 0 Å². The van der Waals surface area contributed by atoms with E-state index in [2.05, 4.69) is 279 Å². The molecule has 0 spiro atoms. The number of aromatic nitrogens is 2. The van der Waals surface area contributed by atoms with Crippen molar-refractivity contribution >= 4 is 54.1 Å². The fraction of sp³-hybridized carbons (Fsp3) is 0.0811. The molecule has 0 aliphatic heterocycles. The molecule has 0 atom stereocenters. The summed E-state index contributed by atoms with van der Waals surface area (Å²) in [5, 5.41) is 10.0. The van der Waals surface area contributed by atoms with Crippen LogP contribution in [0.1, 0.15) is 49.9 Å². The average Bonchev–Trinajstić information content (AvgIpc) is 4.33. The van der Waals surface area contributed by atoms with Crippen molar-refractivity contribution in [3.63, 3.8) is 0 Å². The Morgan fingerprint density at radius 3 is 1.01 bits per heavy atom. The largest absolute Gasteiger partial charge is 0.308 e. The van der Waals surface area contributed by atoms with E-state index < -0.39 is 0 Å². The lowest BCUT2D eigenvalue weighted by molar-refractivity contribution is 0.659. The molecule has 0 saturated carbocycles. The molecule has 2 nitrogen and oxygen atoms in total. The quantitative estimate of drug-likeness (QED) is 0.147. The van der Waals surface area contributed by atoms with Crippen LogP contribution in [0.2, 0.25) is 0 Å². The monoisotopic (exact) mass is 968 g/mol. The van der Waals surface area contributed by atoms with Gasteiger partial charge in [-0.15, -0.1) is 0 Å². The third-order valence-electron chi connectivity index (χ3n) is 17.6. The van der Waals surface area contributed by atoms with Crippen LogP contribution in [0.4, 0.5) is 0 Å². The molecule has 358 valence electrons. The standard InChI is InChI=1S/C74H52N2/c1-73(2)61-31-19-17-29-53(61)55-39-35-51(43-63(55)73)75-69(47-25-13-7-14-26-47)67(45-21-9-5-10-22-45)59-41-49-34-38-58-66-50(33-37-57(65(49)66)71(59)75)42-60-68(46-23-11-6-12-24-46)70(48-27-15-8-16-28-48)76(72(58)60)52-36-40-56-54-30-18-20-32-62(54)74(3,4)64(56)44-52/h5-44H,1-4H3. The third-order valence-corrected chi connectivity index (χ3v) is 17.6. The van der Waals surface area contributed by atoms with E-state index in [4.69, 9.17) is 0 Å². The van der Waals surface area contributed by atoms with Gasteiger partial charge < -0.3 is 9.13 Å². The summed E-state index contributed by atoms with van der Waals surface area (Å²) >= 11 is 0. The van der Waals surface area contributed by atoms with Crippen LogP contribution in [-0.4, -0.2) is 9.13 Å². The normalized spacial score (nSPS) is 14.0. The topological polar surface area (TPSA) is 9.86 Å². The van der Waals surface area contributed by atoms with Crippen molar-refractivity contribution in [3.05, 3.63) is 265 Å². The predicted octanol–water partition coefficient (Wildman–Crippen LogP) is 19.8. The Balaban J connectivity index is 1.06. The minimum atomic E-state index is -0.165. The van der Waals surface area contributed by atoms with Gasteiger partial charge >= 0.3 is 0 Å². The molecule has 0 unspecified atom stereocenters. The van der Waals surface area contributed by atoms with Gasteiger partial charge in [0.1, 0.15) is 0 Å². The van der Waals surface area contributed by atoms with Gasteiger partial charge in [-0.2, -0.15) is 0 Å². The van der Waals surface area contributed by atoms with Crippen LogP contribution < -0.4 is 0 Å². The number of fused-ring (bicyclic) bond motifs is 10. The van der Waals surface area contributed by atoms with Crippen LogP contribution in [0.3, 0.4) is 0 Å². The first kappa shape index (κ1) is 43.2. The van der Waals surface area contributed by atoms with Gasteiger partial charge in [-0.05, 0) is 125 Å². The summed E-state index contributed by atoms with van der Waals surface area (Å²) in [5.74, 6) is 0. The Kier molecular flexibility index (Phi) is 8.89. The van der Waals surface area contributed by atoms with Gasteiger partial charge in [-0.3, -0.25) is 0 Å². The Hall–Kier alpha value is -9.24. The predicted molar refractivity (Wildman–Crippen MR) is 321 cm³/mol. The maximum Gasteiger partial charge on any atom is 0.0620 e. The van der Waals surface area contributed by atoms with Crippen molar-refractivity contribution in [1.82, 2.24) is 9.13 Å². The molecule has 16 rings (SSSR count). The molecule has 2 heteroatoms. The molecule has 12 aromatic carbocycles. The molecule has 0 bridgehead atoms. The average molecular weight is 969 g/mol. The lowest BCUT2D eigenvalue weighted by Crippen LogP contribution is -2.15. The highest BCUT2D eigenvalue weighted by atomic mass is 15.0.